The molecule has 6 nitrogen and oxygen atoms in total. The zero-order valence-electron chi connectivity index (χ0n) is 15.1. The Morgan fingerprint density at radius 3 is 2.37 bits per heavy atom. The van der Waals surface area contributed by atoms with Crippen LogP contribution in [0.5, 0.6) is 11.6 Å². The van der Waals surface area contributed by atoms with Crippen LogP contribution in [0.1, 0.15) is 25.5 Å². The molecular weight excluding hydrogens is 371 g/mol. The Morgan fingerprint density at radius 1 is 1.07 bits per heavy atom. The van der Waals surface area contributed by atoms with E-state index in [9.17, 15) is 12.8 Å². The maximum Gasteiger partial charge on any atom is 0.340 e. The van der Waals surface area contributed by atoms with Crippen molar-refractivity contribution in [2.75, 3.05) is 7.11 Å². The van der Waals surface area contributed by atoms with Crippen LogP contribution in [0.15, 0.2) is 59.5 Å². The van der Waals surface area contributed by atoms with Crippen LogP contribution in [0.2, 0.25) is 0 Å². The number of hydrogen-bond acceptors (Lipinski definition) is 5. The van der Waals surface area contributed by atoms with E-state index < -0.39 is 15.9 Å². The smallest absolute Gasteiger partial charge is 0.340 e. The Morgan fingerprint density at radius 2 is 1.78 bits per heavy atom. The van der Waals surface area contributed by atoms with Crippen LogP contribution in [0, 0.1) is 5.82 Å². The van der Waals surface area contributed by atoms with E-state index in [0.717, 1.165) is 0 Å². The van der Waals surface area contributed by atoms with Crippen LogP contribution < -0.4 is 8.92 Å². The van der Waals surface area contributed by atoms with Crippen LogP contribution in [0.3, 0.4) is 0 Å². The van der Waals surface area contributed by atoms with E-state index in [1.807, 2.05) is 13.8 Å². The molecule has 8 heteroatoms. The first kappa shape index (κ1) is 18.9. The summed E-state index contributed by atoms with van der Waals surface area (Å²) in [6.45, 7) is 3.83. The zero-order valence-corrected chi connectivity index (χ0v) is 15.9. The molecule has 0 aliphatic rings. The summed E-state index contributed by atoms with van der Waals surface area (Å²) in [6, 6.07) is 13.1. The van der Waals surface area contributed by atoms with E-state index in [1.54, 1.807) is 6.07 Å². The standard InChI is InChI=1S/C19H19FN2O4S/c1-13(2)18-12-19(22(21-18)15-6-4-5-14(20)11-15)26-27(23,24)17-9-7-16(25-3)8-10-17/h4-13H,1-3H3. The van der Waals surface area contributed by atoms with Crippen molar-refractivity contribution in [1.82, 2.24) is 9.78 Å². The second-order valence-corrected chi connectivity index (χ2v) is 7.71. The molecule has 0 unspecified atom stereocenters. The first-order chi connectivity index (χ1) is 12.8. The SMILES string of the molecule is COc1ccc(S(=O)(=O)Oc2cc(C(C)C)nn2-c2cccc(F)c2)cc1. The third kappa shape index (κ3) is 4.11. The average molecular weight is 390 g/mol. The number of methoxy groups -OCH3 is 1. The Kier molecular flexibility index (Phi) is 5.18. The molecule has 0 aliphatic carbocycles. The van der Waals surface area contributed by atoms with E-state index in [1.165, 1.54) is 60.3 Å². The lowest BCUT2D eigenvalue weighted by Gasteiger charge is -2.10. The van der Waals surface area contributed by atoms with Crippen molar-refractivity contribution in [3.8, 4) is 17.3 Å². The number of ether oxygens (including phenoxy) is 1. The molecule has 27 heavy (non-hydrogen) atoms. The van der Waals surface area contributed by atoms with Crippen molar-refractivity contribution in [3.05, 3.63) is 66.1 Å². The van der Waals surface area contributed by atoms with Gasteiger partial charge in [0.1, 0.15) is 16.5 Å². The zero-order chi connectivity index (χ0) is 19.6. The van der Waals surface area contributed by atoms with Crippen molar-refractivity contribution >= 4 is 10.1 Å². The van der Waals surface area contributed by atoms with Crippen molar-refractivity contribution in [2.24, 2.45) is 0 Å². The Labute approximate surface area is 157 Å². The number of rotatable bonds is 6. The van der Waals surface area contributed by atoms with Crippen LogP contribution in [-0.4, -0.2) is 25.3 Å². The number of halogens is 1. The van der Waals surface area contributed by atoms with Crippen molar-refractivity contribution < 1.29 is 21.7 Å². The largest absolute Gasteiger partial charge is 0.497 e. The number of benzene rings is 2. The summed E-state index contributed by atoms with van der Waals surface area (Å²) in [6.07, 6.45) is 0. The van der Waals surface area contributed by atoms with E-state index in [2.05, 4.69) is 5.10 Å². The topological polar surface area (TPSA) is 70.4 Å². The first-order valence-electron chi connectivity index (χ1n) is 8.24. The molecule has 0 aliphatic heterocycles. The lowest BCUT2D eigenvalue weighted by Crippen LogP contribution is -2.12. The molecule has 2 aromatic carbocycles. The van der Waals surface area contributed by atoms with Gasteiger partial charge in [-0.1, -0.05) is 19.9 Å². The maximum atomic E-state index is 13.6. The first-order valence-corrected chi connectivity index (χ1v) is 9.65. The highest BCUT2D eigenvalue weighted by Gasteiger charge is 2.22. The van der Waals surface area contributed by atoms with Crippen molar-refractivity contribution in [2.45, 2.75) is 24.7 Å². The molecule has 142 valence electrons. The highest BCUT2D eigenvalue weighted by molar-refractivity contribution is 7.87. The van der Waals surface area contributed by atoms with Gasteiger partial charge in [-0.25, -0.2) is 4.39 Å². The van der Waals surface area contributed by atoms with Gasteiger partial charge in [0.05, 0.1) is 18.5 Å². The minimum atomic E-state index is -4.10. The lowest BCUT2D eigenvalue weighted by atomic mass is 10.1. The monoisotopic (exact) mass is 390 g/mol. The minimum absolute atomic E-state index is 0.0138. The van der Waals surface area contributed by atoms with E-state index >= 15 is 0 Å². The van der Waals surface area contributed by atoms with Gasteiger partial charge in [0.15, 0.2) is 0 Å². The molecule has 3 aromatic rings. The summed E-state index contributed by atoms with van der Waals surface area (Å²) in [5.41, 5.74) is 0.987. The van der Waals surface area contributed by atoms with E-state index in [0.29, 0.717) is 17.1 Å². The Bertz CT molecular complexity index is 1040. The third-order valence-corrected chi connectivity index (χ3v) is 5.12. The molecule has 0 N–H and O–H groups in total. The number of nitrogens with zero attached hydrogens (tertiary/aromatic N) is 2. The second kappa shape index (κ2) is 7.40. The summed E-state index contributed by atoms with van der Waals surface area (Å²) in [5, 5.41) is 4.37. The van der Waals surface area contributed by atoms with Gasteiger partial charge >= 0.3 is 10.1 Å². The van der Waals surface area contributed by atoms with Gasteiger partial charge < -0.3 is 8.92 Å². The summed E-state index contributed by atoms with van der Waals surface area (Å²) >= 11 is 0. The lowest BCUT2D eigenvalue weighted by molar-refractivity contribution is 0.414. The van der Waals surface area contributed by atoms with Gasteiger partial charge in [-0.3, -0.25) is 0 Å². The Hall–Kier alpha value is -2.87. The van der Waals surface area contributed by atoms with Crippen molar-refractivity contribution in [3.63, 3.8) is 0 Å². The summed E-state index contributed by atoms with van der Waals surface area (Å²) in [5.74, 6) is 0.0878. The molecular formula is C19H19FN2O4S. The molecule has 0 fully saturated rings. The third-order valence-electron chi connectivity index (χ3n) is 3.88. The van der Waals surface area contributed by atoms with Crippen LogP contribution in [0.4, 0.5) is 4.39 Å². The molecule has 0 bridgehead atoms. The van der Waals surface area contributed by atoms with Gasteiger partial charge in [0.2, 0.25) is 5.88 Å². The summed E-state index contributed by atoms with van der Waals surface area (Å²) in [7, 11) is -2.61. The molecule has 1 aromatic heterocycles. The van der Waals surface area contributed by atoms with Gasteiger partial charge in [0, 0.05) is 6.07 Å². The molecule has 0 radical (unpaired) electrons. The fourth-order valence-corrected chi connectivity index (χ4v) is 3.33. The Balaban J connectivity index is 2.02. The normalized spacial score (nSPS) is 11.6. The summed E-state index contributed by atoms with van der Waals surface area (Å²) < 4.78 is 50.6. The van der Waals surface area contributed by atoms with Gasteiger partial charge in [-0.15, -0.1) is 0 Å². The number of hydrogen-bond donors (Lipinski definition) is 0. The highest BCUT2D eigenvalue weighted by Crippen LogP contribution is 2.27. The van der Waals surface area contributed by atoms with Crippen LogP contribution in [0.25, 0.3) is 5.69 Å². The number of aromatic nitrogens is 2. The van der Waals surface area contributed by atoms with Gasteiger partial charge in [-0.2, -0.15) is 18.2 Å². The molecule has 0 spiro atoms. The molecule has 0 amide bonds. The molecule has 3 rings (SSSR count). The van der Waals surface area contributed by atoms with Crippen LogP contribution in [-0.2, 0) is 10.1 Å². The second-order valence-electron chi connectivity index (χ2n) is 6.17. The quantitative estimate of drug-likeness (QED) is 0.597. The van der Waals surface area contributed by atoms with E-state index in [-0.39, 0.29) is 16.7 Å². The molecule has 0 saturated carbocycles. The maximum absolute atomic E-state index is 13.6. The fraction of sp³-hybridized carbons (Fsp3) is 0.211. The highest BCUT2D eigenvalue weighted by atomic mass is 32.2. The molecule has 1 heterocycles. The summed E-state index contributed by atoms with van der Waals surface area (Å²) in [4.78, 5) is -0.0265. The predicted octanol–water partition coefficient (Wildman–Crippen LogP) is 3.91. The van der Waals surface area contributed by atoms with Crippen LogP contribution >= 0.6 is 0 Å². The molecule has 0 saturated heterocycles. The van der Waals surface area contributed by atoms with Gasteiger partial charge in [0.25, 0.3) is 0 Å². The van der Waals surface area contributed by atoms with Crippen molar-refractivity contribution in [1.29, 1.82) is 0 Å². The predicted molar refractivity (Wildman–Crippen MR) is 98.4 cm³/mol. The average Bonchev–Trinajstić information content (AvgIpc) is 3.05. The molecule has 0 atom stereocenters. The van der Waals surface area contributed by atoms with E-state index in [4.69, 9.17) is 8.92 Å². The van der Waals surface area contributed by atoms with Gasteiger partial charge in [-0.05, 0) is 48.4 Å². The fourth-order valence-electron chi connectivity index (χ4n) is 2.42. The minimum Gasteiger partial charge on any atom is -0.497 e.